The monoisotopic (exact) mass is 212 g/mol. The van der Waals surface area contributed by atoms with Crippen LogP contribution in [-0.4, -0.2) is 29.9 Å². The van der Waals surface area contributed by atoms with E-state index in [1.807, 2.05) is 4.90 Å². The number of hydrogen-bond acceptors (Lipinski definition) is 2. The highest BCUT2D eigenvalue weighted by Crippen LogP contribution is 2.18. The molecule has 1 aliphatic heterocycles. The quantitative estimate of drug-likeness (QED) is 0.772. The summed E-state index contributed by atoms with van der Waals surface area (Å²) in [7, 11) is 0. The first-order valence-electron chi connectivity index (χ1n) is 6.10. The highest BCUT2D eigenvalue weighted by Gasteiger charge is 2.27. The van der Waals surface area contributed by atoms with E-state index in [1.54, 1.807) is 0 Å². The second kappa shape index (κ2) is 5.50. The Hall–Kier alpha value is -0.570. The number of likely N-dealkylation sites (tertiary alicyclic amines) is 1. The highest BCUT2D eigenvalue weighted by molar-refractivity contribution is 5.82. The van der Waals surface area contributed by atoms with Crippen molar-refractivity contribution >= 4 is 5.91 Å². The van der Waals surface area contributed by atoms with Crippen molar-refractivity contribution in [1.82, 2.24) is 4.90 Å². The van der Waals surface area contributed by atoms with Gasteiger partial charge in [-0.3, -0.25) is 4.79 Å². The Labute approximate surface area is 93.0 Å². The molecule has 0 spiro atoms. The molecule has 0 aromatic heterocycles. The lowest BCUT2D eigenvalue weighted by Crippen LogP contribution is -2.49. The fraction of sp³-hybridized carbons (Fsp3) is 0.917. The number of carbonyl (C=O) groups is 1. The van der Waals surface area contributed by atoms with Crippen molar-refractivity contribution in [3.63, 3.8) is 0 Å². The molecule has 1 heterocycles. The molecule has 0 aliphatic carbocycles. The van der Waals surface area contributed by atoms with Gasteiger partial charge in [0.25, 0.3) is 0 Å². The summed E-state index contributed by atoms with van der Waals surface area (Å²) in [5, 5.41) is 0. The van der Waals surface area contributed by atoms with Crippen LogP contribution < -0.4 is 5.73 Å². The minimum absolute atomic E-state index is 0.149. The molecule has 1 aliphatic rings. The Morgan fingerprint density at radius 1 is 1.47 bits per heavy atom. The third kappa shape index (κ3) is 3.20. The minimum atomic E-state index is -0.302. The second-order valence-electron chi connectivity index (χ2n) is 4.92. The lowest BCUT2D eigenvalue weighted by Gasteiger charge is -2.33. The predicted octanol–water partition coefficient (Wildman–Crippen LogP) is 1.62. The lowest BCUT2D eigenvalue weighted by atomic mass is 9.95. The van der Waals surface area contributed by atoms with Crippen LogP contribution in [-0.2, 0) is 4.79 Å². The minimum Gasteiger partial charge on any atom is -0.341 e. The van der Waals surface area contributed by atoms with Crippen LogP contribution in [0.25, 0.3) is 0 Å². The van der Waals surface area contributed by atoms with Crippen molar-refractivity contribution in [1.29, 1.82) is 0 Å². The van der Waals surface area contributed by atoms with Crippen molar-refractivity contribution in [2.45, 2.75) is 46.1 Å². The molecule has 0 unspecified atom stereocenters. The van der Waals surface area contributed by atoms with Gasteiger partial charge in [-0.15, -0.1) is 0 Å². The van der Waals surface area contributed by atoms with Gasteiger partial charge in [-0.2, -0.15) is 0 Å². The van der Waals surface area contributed by atoms with Gasteiger partial charge in [-0.05, 0) is 24.7 Å². The predicted molar refractivity (Wildman–Crippen MR) is 62.4 cm³/mol. The third-order valence-corrected chi connectivity index (χ3v) is 3.64. The molecule has 2 atom stereocenters. The number of nitrogens with two attached hydrogens (primary N) is 1. The molecule has 3 nitrogen and oxygen atoms in total. The fourth-order valence-corrected chi connectivity index (χ4v) is 1.94. The zero-order chi connectivity index (χ0) is 11.4. The standard InChI is InChI=1S/C12H24N2O/c1-4-10(3)11(13)12(15)14-7-5-9(2)6-8-14/h9-11H,4-8,13H2,1-3H3/t10-,11+/m0/s1. The zero-order valence-corrected chi connectivity index (χ0v) is 10.2. The summed E-state index contributed by atoms with van der Waals surface area (Å²) in [4.78, 5) is 13.9. The van der Waals surface area contributed by atoms with Crippen molar-refractivity contribution in [3.05, 3.63) is 0 Å². The molecule has 1 fully saturated rings. The van der Waals surface area contributed by atoms with E-state index in [1.165, 1.54) is 0 Å². The van der Waals surface area contributed by atoms with Crippen molar-refractivity contribution in [2.24, 2.45) is 17.6 Å². The molecule has 88 valence electrons. The number of rotatable bonds is 3. The molecule has 1 amide bonds. The van der Waals surface area contributed by atoms with Crippen LogP contribution in [0.15, 0.2) is 0 Å². The number of hydrogen-bond donors (Lipinski definition) is 1. The maximum absolute atomic E-state index is 12.0. The average Bonchev–Trinajstić information content (AvgIpc) is 2.27. The Kier molecular flexibility index (Phi) is 4.58. The van der Waals surface area contributed by atoms with E-state index in [0.29, 0.717) is 0 Å². The first kappa shape index (κ1) is 12.5. The van der Waals surface area contributed by atoms with Gasteiger partial charge in [-0.1, -0.05) is 27.2 Å². The average molecular weight is 212 g/mol. The van der Waals surface area contributed by atoms with Gasteiger partial charge in [0.15, 0.2) is 0 Å². The Morgan fingerprint density at radius 3 is 2.47 bits per heavy atom. The maximum Gasteiger partial charge on any atom is 0.239 e. The SMILES string of the molecule is CC[C@H](C)[C@@H](N)C(=O)N1CCC(C)CC1. The summed E-state index contributed by atoms with van der Waals surface area (Å²) in [6.07, 6.45) is 3.22. The molecule has 0 saturated carbocycles. The van der Waals surface area contributed by atoms with Crippen LogP contribution in [0.5, 0.6) is 0 Å². The van der Waals surface area contributed by atoms with Gasteiger partial charge < -0.3 is 10.6 Å². The summed E-state index contributed by atoms with van der Waals surface area (Å²) in [5.41, 5.74) is 5.95. The van der Waals surface area contributed by atoms with Crippen LogP contribution in [0, 0.1) is 11.8 Å². The molecule has 1 rings (SSSR count). The van der Waals surface area contributed by atoms with Crippen molar-refractivity contribution in [2.75, 3.05) is 13.1 Å². The molecule has 15 heavy (non-hydrogen) atoms. The Balaban J connectivity index is 2.46. The molecular formula is C12H24N2O. The smallest absolute Gasteiger partial charge is 0.239 e. The van der Waals surface area contributed by atoms with Gasteiger partial charge >= 0.3 is 0 Å². The maximum atomic E-state index is 12.0. The van der Waals surface area contributed by atoms with E-state index >= 15 is 0 Å². The van der Waals surface area contributed by atoms with Crippen LogP contribution in [0.3, 0.4) is 0 Å². The number of nitrogens with zero attached hydrogens (tertiary/aromatic N) is 1. The molecular weight excluding hydrogens is 188 g/mol. The number of amides is 1. The van der Waals surface area contributed by atoms with E-state index in [-0.39, 0.29) is 17.9 Å². The molecule has 1 saturated heterocycles. The second-order valence-corrected chi connectivity index (χ2v) is 4.92. The van der Waals surface area contributed by atoms with E-state index < -0.39 is 0 Å². The van der Waals surface area contributed by atoms with E-state index in [4.69, 9.17) is 5.73 Å². The third-order valence-electron chi connectivity index (χ3n) is 3.64. The largest absolute Gasteiger partial charge is 0.341 e. The first-order chi connectivity index (χ1) is 7.06. The van der Waals surface area contributed by atoms with Crippen molar-refractivity contribution < 1.29 is 4.79 Å². The molecule has 2 N–H and O–H groups in total. The molecule has 3 heteroatoms. The van der Waals surface area contributed by atoms with Crippen LogP contribution in [0.4, 0.5) is 0 Å². The van der Waals surface area contributed by atoms with Crippen LogP contribution in [0.2, 0.25) is 0 Å². The molecule has 0 aromatic rings. The lowest BCUT2D eigenvalue weighted by molar-refractivity contribution is -0.135. The molecule has 0 bridgehead atoms. The van der Waals surface area contributed by atoms with E-state index in [9.17, 15) is 4.79 Å². The normalized spacial score (nSPS) is 22.5. The number of carbonyl (C=O) groups excluding carboxylic acids is 1. The summed E-state index contributed by atoms with van der Waals surface area (Å²) >= 11 is 0. The van der Waals surface area contributed by atoms with Gasteiger partial charge in [0.2, 0.25) is 5.91 Å². The van der Waals surface area contributed by atoms with Gasteiger partial charge in [0.05, 0.1) is 6.04 Å². The molecule has 0 aromatic carbocycles. The summed E-state index contributed by atoms with van der Waals surface area (Å²) in [5.74, 6) is 1.20. The summed E-state index contributed by atoms with van der Waals surface area (Å²) in [6.45, 7) is 8.16. The van der Waals surface area contributed by atoms with Gasteiger partial charge in [0.1, 0.15) is 0 Å². The van der Waals surface area contributed by atoms with Crippen LogP contribution in [0.1, 0.15) is 40.0 Å². The number of piperidine rings is 1. The fourth-order valence-electron chi connectivity index (χ4n) is 1.94. The van der Waals surface area contributed by atoms with Gasteiger partial charge in [-0.25, -0.2) is 0 Å². The van der Waals surface area contributed by atoms with E-state index in [0.717, 1.165) is 38.3 Å². The summed E-state index contributed by atoms with van der Waals surface area (Å²) < 4.78 is 0. The topological polar surface area (TPSA) is 46.3 Å². The van der Waals surface area contributed by atoms with Crippen molar-refractivity contribution in [3.8, 4) is 0 Å². The zero-order valence-electron chi connectivity index (χ0n) is 10.2. The first-order valence-corrected chi connectivity index (χ1v) is 6.10. The Bertz CT molecular complexity index is 210. The summed E-state index contributed by atoms with van der Waals surface area (Å²) in [6, 6.07) is -0.302. The van der Waals surface area contributed by atoms with Gasteiger partial charge in [0, 0.05) is 13.1 Å². The highest BCUT2D eigenvalue weighted by atomic mass is 16.2. The van der Waals surface area contributed by atoms with E-state index in [2.05, 4.69) is 20.8 Å². The molecule has 0 radical (unpaired) electrons. The Morgan fingerprint density at radius 2 is 2.00 bits per heavy atom. The van der Waals surface area contributed by atoms with Crippen LogP contribution >= 0.6 is 0 Å².